The zero-order chi connectivity index (χ0) is 17.5. The summed E-state index contributed by atoms with van der Waals surface area (Å²) in [6.45, 7) is 19.3. The molecule has 2 unspecified atom stereocenters. The molecule has 0 amide bonds. The lowest BCUT2D eigenvalue weighted by atomic mass is 9.52. The van der Waals surface area contributed by atoms with Crippen LogP contribution in [0.1, 0.15) is 60.5 Å². The minimum atomic E-state index is -0.323. The Morgan fingerprint density at radius 3 is 2.00 bits per heavy atom. The summed E-state index contributed by atoms with van der Waals surface area (Å²) in [5.41, 5.74) is 1.70. The van der Waals surface area contributed by atoms with E-state index in [1.54, 1.807) is 0 Å². The van der Waals surface area contributed by atoms with Crippen molar-refractivity contribution in [3.05, 3.63) is 48.0 Å². The highest BCUT2D eigenvalue weighted by molar-refractivity contribution is 6.49. The minimum Gasteiger partial charge on any atom is -0.403 e. The number of rotatable bonds is 5. The minimum absolute atomic E-state index is 0.0751. The first kappa shape index (κ1) is 18.3. The van der Waals surface area contributed by atoms with Crippen LogP contribution in [-0.4, -0.2) is 18.3 Å². The second-order valence-electron chi connectivity index (χ2n) is 8.09. The van der Waals surface area contributed by atoms with Gasteiger partial charge in [-0.15, -0.1) is 6.58 Å². The summed E-state index contributed by atoms with van der Waals surface area (Å²) >= 11 is 0. The van der Waals surface area contributed by atoms with Crippen LogP contribution in [0.25, 0.3) is 0 Å². The SMILES string of the molecule is C=C(C)C(B1OC(C)(C)C(C)(C)O1)C(C)(CC)c1ccccc1. The molecule has 0 spiro atoms. The fourth-order valence-electron chi connectivity index (χ4n) is 3.52. The Morgan fingerprint density at radius 2 is 1.61 bits per heavy atom. The van der Waals surface area contributed by atoms with E-state index in [9.17, 15) is 0 Å². The number of hydrogen-bond donors (Lipinski definition) is 0. The summed E-state index contributed by atoms with van der Waals surface area (Å²) in [7, 11) is -0.275. The molecular weight excluding hydrogens is 283 g/mol. The Labute approximate surface area is 142 Å². The van der Waals surface area contributed by atoms with Crippen molar-refractivity contribution >= 4 is 7.12 Å². The Bertz CT molecular complexity index is 548. The Hall–Kier alpha value is -1.06. The molecule has 1 saturated heterocycles. The second-order valence-corrected chi connectivity index (χ2v) is 8.09. The average Bonchev–Trinajstić information content (AvgIpc) is 2.67. The first-order valence-corrected chi connectivity index (χ1v) is 8.62. The molecule has 126 valence electrons. The van der Waals surface area contributed by atoms with Crippen molar-refractivity contribution in [2.24, 2.45) is 0 Å². The fourth-order valence-corrected chi connectivity index (χ4v) is 3.52. The molecule has 1 aliphatic rings. The average molecular weight is 314 g/mol. The summed E-state index contributed by atoms with van der Waals surface area (Å²) in [5, 5.41) is 0. The van der Waals surface area contributed by atoms with Gasteiger partial charge >= 0.3 is 7.12 Å². The van der Waals surface area contributed by atoms with Gasteiger partial charge in [0, 0.05) is 5.82 Å². The van der Waals surface area contributed by atoms with Gasteiger partial charge in [0.2, 0.25) is 0 Å². The molecule has 2 rings (SSSR count). The van der Waals surface area contributed by atoms with Crippen LogP contribution in [0.5, 0.6) is 0 Å². The fraction of sp³-hybridized carbons (Fsp3) is 0.600. The Balaban J connectivity index is 2.45. The van der Waals surface area contributed by atoms with Gasteiger partial charge in [-0.3, -0.25) is 0 Å². The van der Waals surface area contributed by atoms with Crippen molar-refractivity contribution < 1.29 is 9.31 Å². The van der Waals surface area contributed by atoms with Gasteiger partial charge in [0.1, 0.15) is 0 Å². The van der Waals surface area contributed by atoms with Crippen LogP contribution >= 0.6 is 0 Å². The van der Waals surface area contributed by atoms with Crippen LogP contribution in [0.4, 0.5) is 0 Å². The Morgan fingerprint density at radius 1 is 1.13 bits per heavy atom. The quantitative estimate of drug-likeness (QED) is 0.535. The molecular formula is C20H31BO2. The topological polar surface area (TPSA) is 18.5 Å². The van der Waals surface area contributed by atoms with Crippen molar-refractivity contribution in [2.45, 2.75) is 77.3 Å². The summed E-state index contributed by atoms with van der Waals surface area (Å²) in [5.74, 6) is 0.107. The van der Waals surface area contributed by atoms with E-state index >= 15 is 0 Å². The maximum atomic E-state index is 6.37. The third-order valence-corrected chi connectivity index (χ3v) is 5.93. The number of hydrogen-bond acceptors (Lipinski definition) is 2. The van der Waals surface area contributed by atoms with Crippen LogP contribution < -0.4 is 0 Å². The molecule has 1 aromatic rings. The van der Waals surface area contributed by atoms with Gasteiger partial charge < -0.3 is 9.31 Å². The smallest absolute Gasteiger partial charge is 0.403 e. The number of allylic oxidation sites excluding steroid dienone is 1. The van der Waals surface area contributed by atoms with Gasteiger partial charge in [-0.25, -0.2) is 0 Å². The predicted octanol–water partition coefficient (Wildman–Crippen LogP) is 5.39. The van der Waals surface area contributed by atoms with E-state index < -0.39 is 0 Å². The van der Waals surface area contributed by atoms with Crippen molar-refractivity contribution in [1.82, 2.24) is 0 Å². The van der Waals surface area contributed by atoms with Crippen LogP contribution in [0.15, 0.2) is 42.5 Å². The molecule has 1 heterocycles. The summed E-state index contributed by atoms with van der Waals surface area (Å²) in [6.07, 6.45) is 0.999. The molecule has 1 aliphatic heterocycles. The normalized spacial score (nSPS) is 23.3. The van der Waals surface area contributed by atoms with Crippen LogP contribution in [0.3, 0.4) is 0 Å². The molecule has 0 radical (unpaired) electrons. The largest absolute Gasteiger partial charge is 0.466 e. The number of benzene rings is 1. The molecule has 0 aromatic heterocycles. The van der Waals surface area contributed by atoms with E-state index in [1.165, 1.54) is 5.56 Å². The maximum absolute atomic E-state index is 6.37. The van der Waals surface area contributed by atoms with Crippen molar-refractivity contribution in [2.75, 3.05) is 0 Å². The monoisotopic (exact) mass is 314 g/mol. The highest BCUT2D eigenvalue weighted by Gasteiger charge is 2.57. The van der Waals surface area contributed by atoms with Crippen LogP contribution in [-0.2, 0) is 14.7 Å². The lowest BCUT2D eigenvalue weighted by Gasteiger charge is -2.39. The van der Waals surface area contributed by atoms with E-state index in [4.69, 9.17) is 9.31 Å². The standard InChI is InChI=1S/C20H31BO2/c1-9-20(8,16-13-11-10-12-14-16)17(15(2)3)21-22-18(4,5)19(6,7)23-21/h10-14,17H,2,9H2,1,3-8H3. The van der Waals surface area contributed by atoms with Gasteiger partial charge in [0.25, 0.3) is 0 Å². The van der Waals surface area contributed by atoms with Gasteiger partial charge in [-0.2, -0.15) is 0 Å². The van der Waals surface area contributed by atoms with Crippen molar-refractivity contribution in [3.63, 3.8) is 0 Å². The second kappa shape index (κ2) is 6.10. The highest BCUT2D eigenvalue weighted by atomic mass is 16.7. The molecule has 1 aromatic carbocycles. The summed E-state index contributed by atoms with van der Waals surface area (Å²) in [6, 6.07) is 10.7. The zero-order valence-electron chi connectivity index (χ0n) is 15.8. The highest BCUT2D eigenvalue weighted by Crippen LogP contribution is 2.50. The first-order valence-electron chi connectivity index (χ1n) is 8.62. The van der Waals surface area contributed by atoms with E-state index in [0.29, 0.717) is 0 Å². The van der Waals surface area contributed by atoms with E-state index in [1.807, 2.05) is 0 Å². The molecule has 0 aliphatic carbocycles. The Kier molecular flexibility index (Phi) is 4.85. The van der Waals surface area contributed by atoms with Crippen LogP contribution in [0, 0.1) is 0 Å². The van der Waals surface area contributed by atoms with Crippen molar-refractivity contribution in [1.29, 1.82) is 0 Å². The molecule has 2 atom stereocenters. The lowest BCUT2D eigenvalue weighted by molar-refractivity contribution is 0.00578. The van der Waals surface area contributed by atoms with Gasteiger partial charge in [-0.05, 0) is 52.0 Å². The molecule has 1 fully saturated rings. The lowest BCUT2D eigenvalue weighted by Crippen LogP contribution is -2.41. The van der Waals surface area contributed by atoms with Gasteiger partial charge in [0.05, 0.1) is 11.2 Å². The van der Waals surface area contributed by atoms with Gasteiger partial charge in [-0.1, -0.05) is 49.8 Å². The summed E-state index contributed by atoms with van der Waals surface area (Å²) in [4.78, 5) is 0. The third kappa shape index (κ3) is 3.14. The molecule has 2 nitrogen and oxygen atoms in total. The molecule has 0 N–H and O–H groups in total. The maximum Gasteiger partial charge on any atom is 0.466 e. The molecule has 3 heteroatoms. The predicted molar refractivity (Wildman–Crippen MR) is 98.7 cm³/mol. The third-order valence-electron chi connectivity index (χ3n) is 5.93. The summed E-state index contributed by atoms with van der Waals surface area (Å²) < 4.78 is 12.7. The van der Waals surface area contributed by atoms with E-state index in [-0.39, 0.29) is 29.6 Å². The molecule has 23 heavy (non-hydrogen) atoms. The van der Waals surface area contributed by atoms with E-state index in [0.717, 1.165) is 12.0 Å². The van der Waals surface area contributed by atoms with Crippen LogP contribution in [0.2, 0.25) is 5.82 Å². The van der Waals surface area contributed by atoms with E-state index in [2.05, 4.69) is 85.4 Å². The van der Waals surface area contributed by atoms with Gasteiger partial charge in [0.15, 0.2) is 0 Å². The first-order chi connectivity index (χ1) is 10.5. The van der Waals surface area contributed by atoms with Crippen molar-refractivity contribution in [3.8, 4) is 0 Å². The zero-order valence-corrected chi connectivity index (χ0v) is 15.8. The molecule has 0 bridgehead atoms. The molecule has 0 saturated carbocycles.